The van der Waals surface area contributed by atoms with Crippen LogP contribution in [0.4, 0.5) is 0 Å². The molecule has 4 heteroatoms. The lowest BCUT2D eigenvalue weighted by molar-refractivity contribution is -0.122. The van der Waals surface area contributed by atoms with E-state index in [9.17, 15) is 4.79 Å². The lowest BCUT2D eigenvalue weighted by Gasteiger charge is -2.14. The number of nitrogens with one attached hydrogen (secondary N) is 2. The molecule has 0 radical (unpaired) electrons. The highest BCUT2D eigenvalue weighted by Gasteiger charge is 2.18. The second-order valence-electron chi connectivity index (χ2n) is 4.19. The van der Waals surface area contributed by atoms with E-state index in [1.165, 1.54) is 0 Å². The highest BCUT2D eigenvalue weighted by Crippen LogP contribution is 2.12. The summed E-state index contributed by atoms with van der Waals surface area (Å²) in [6.45, 7) is 6.29. The Kier molecular flexibility index (Phi) is 6.10. The van der Waals surface area contributed by atoms with Crippen LogP contribution in [0.1, 0.15) is 26.7 Å². The van der Waals surface area contributed by atoms with Gasteiger partial charge in [-0.05, 0) is 38.1 Å². The zero-order valence-corrected chi connectivity index (χ0v) is 10.5. The van der Waals surface area contributed by atoms with Gasteiger partial charge in [0.25, 0.3) is 0 Å². The fourth-order valence-corrected chi connectivity index (χ4v) is 2.49. The van der Waals surface area contributed by atoms with Crippen LogP contribution in [-0.4, -0.2) is 36.5 Å². The van der Waals surface area contributed by atoms with Crippen molar-refractivity contribution in [2.24, 2.45) is 5.92 Å². The van der Waals surface area contributed by atoms with Crippen LogP contribution < -0.4 is 10.6 Å². The first-order valence-corrected chi connectivity index (χ1v) is 6.95. The Hall–Kier alpha value is -0.220. The predicted octanol–water partition coefficient (Wildman–Crippen LogP) is 1.24. The van der Waals surface area contributed by atoms with E-state index in [1.54, 1.807) is 0 Å². The Balaban J connectivity index is 2.11. The van der Waals surface area contributed by atoms with Gasteiger partial charge in [0, 0.05) is 18.2 Å². The Labute approximate surface area is 96.8 Å². The van der Waals surface area contributed by atoms with Crippen molar-refractivity contribution in [1.29, 1.82) is 0 Å². The van der Waals surface area contributed by atoms with Crippen LogP contribution in [0.15, 0.2) is 0 Å². The van der Waals surface area contributed by atoms with Gasteiger partial charge in [0.15, 0.2) is 0 Å². The number of carbonyl (C=O) groups is 1. The molecule has 0 aromatic heterocycles. The van der Waals surface area contributed by atoms with Crippen LogP contribution in [0.3, 0.4) is 0 Å². The molecule has 3 nitrogen and oxygen atoms in total. The minimum atomic E-state index is 0.216. The molecule has 1 aliphatic heterocycles. The van der Waals surface area contributed by atoms with Gasteiger partial charge in [0.2, 0.25) is 5.91 Å². The van der Waals surface area contributed by atoms with Gasteiger partial charge in [0.1, 0.15) is 0 Å². The predicted molar refractivity (Wildman–Crippen MR) is 66.2 cm³/mol. The van der Waals surface area contributed by atoms with Crippen molar-refractivity contribution >= 4 is 17.7 Å². The Morgan fingerprint density at radius 1 is 1.67 bits per heavy atom. The van der Waals surface area contributed by atoms with Gasteiger partial charge in [0.05, 0.1) is 0 Å². The van der Waals surface area contributed by atoms with E-state index < -0.39 is 0 Å². The molecule has 1 rings (SSSR count). The van der Waals surface area contributed by atoms with Crippen molar-refractivity contribution in [2.75, 3.05) is 24.6 Å². The second kappa shape index (κ2) is 7.12. The maximum atomic E-state index is 11.6. The molecule has 1 fully saturated rings. The summed E-state index contributed by atoms with van der Waals surface area (Å²) in [6.07, 6.45) is 1.83. The first-order valence-electron chi connectivity index (χ1n) is 5.80. The minimum Gasteiger partial charge on any atom is -0.353 e. The summed E-state index contributed by atoms with van der Waals surface area (Å²) < 4.78 is 0. The van der Waals surface area contributed by atoms with Gasteiger partial charge in [-0.25, -0.2) is 0 Å². The van der Waals surface area contributed by atoms with Crippen molar-refractivity contribution in [3.8, 4) is 0 Å². The maximum absolute atomic E-state index is 11.6. The molecule has 88 valence electrons. The third-order valence-corrected chi connectivity index (χ3v) is 3.76. The summed E-state index contributed by atoms with van der Waals surface area (Å²) >= 11 is 1.87. The average Bonchev–Trinajstić information content (AvgIpc) is 2.67. The molecule has 2 N–H and O–H groups in total. The van der Waals surface area contributed by atoms with Crippen LogP contribution in [0.25, 0.3) is 0 Å². The molecule has 0 spiro atoms. The normalized spacial score (nSPS) is 22.7. The van der Waals surface area contributed by atoms with Crippen LogP contribution in [0.2, 0.25) is 0 Å². The fourth-order valence-electron chi connectivity index (χ4n) is 1.82. The van der Waals surface area contributed by atoms with E-state index >= 15 is 0 Å². The summed E-state index contributed by atoms with van der Waals surface area (Å²) in [4.78, 5) is 11.6. The number of hydrogen-bond acceptors (Lipinski definition) is 3. The quantitative estimate of drug-likeness (QED) is 0.721. The SMILES string of the molecule is CCSCC(C)NC(=O)CC1CCNC1. The number of amides is 1. The second-order valence-corrected chi connectivity index (χ2v) is 5.51. The van der Waals surface area contributed by atoms with E-state index in [2.05, 4.69) is 24.5 Å². The van der Waals surface area contributed by atoms with E-state index in [0.29, 0.717) is 18.4 Å². The highest BCUT2D eigenvalue weighted by molar-refractivity contribution is 7.99. The van der Waals surface area contributed by atoms with Gasteiger partial charge in [-0.1, -0.05) is 6.92 Å². The van der Waals surface area contributed by atoms with Crippen LogP contribution in [-0.2, 0) is 4.79 Å². The van der Waals surface area contributed by atoms with E-state index in [-0.39, 0.29) is 5.91 Å². The molecular weight excluding hydrogens is 208 g/mol. The van der Waals surface area contributed by atoms with Gasteiger partial charge in [-0.2, -0.15) is 11.8 Å². The lowest BCUT2D eigenvalue weighted by atomic mass is 10.0. The largest absolute Gasteiger partial charge is 0.353 e. The van der Waals surface area contributed by atoms with Gasteiger partial charge in [-0.15, -0.1) is 0 Å². The zero-order valence-electron chi connectivity index (χ0n) is 9.71. The highest BCUT2D eigenvalue weighted by atomic mass is 32.2. The Bertz CT molecular complexity index is 193. The molecule has 0 aromatic carbocycles. The van der Waals surface area contributed by atoms with Gasteiger partial charge >= 0.3 is 0 Å². The monoisotopic (exact) mass is 230 g/mol. The molecule has 2 unspecified atom stereocenters. The fraction of sp³-hybridized carbons (Fsp3) is 0.909. The molecule has 15 heavy (non-hydrogen) atoms. The first-order chi connectivity index (χ1) is 7.22. The van der Waals surface area contributed by atoms with Crippen LogP contribution in [0.5, 0.6) is 0 Å². The third kappa shape index (κ3) is 5.42. The van der Waals surface area contributed by atoms with Crippen molar-refractivity contribution in [1.82, 2.24) is 10.6 Å². The van der Waals surface area contributed by atoms with Crippen LogP contribution in [0, 0.1) is 5.92 Å². The molecule has 1 saturated heterocycles. The third-order valence-electron chi connectivity index (χ3n) is 2.62. The molecule has 1 heterocycles. The number of thioether (sulfide) groups is 1. The number of rotatable bonds is 6. The molecule has 0 saturated carbocycles. The first kappa shape index (κ1) is 12.8. The molecule has 0 bridgehead atoms. The molecule has 0 aliphatic carbocycles. The lowest BCUT2D eigenvalue weighted by Crippen LogP contribution is -2.35. The summed E-state index contributed by atoms with van der Waals surface area (Å²) in [5, 5.41) is 6.34. The minimum absolute atomic E-state index is 0.216. The number of hydrogen-bond donors (Lipinski definition) is 2. The molecular formula is C11H22N2OS. The van der Waals surface area contributed by atoms with Gasteiger partial charge in [-0.3, -0.25) is 4.79 Å². The van der Waals surface area contributed by atoms with Crippen molar-refractivity contribution < 1.29 is 4.79 Å². The molecule has 0 aromatic rings. The topological polar surface area (TPSA) is 41.1 Å². The maximum Gasteiger partial charge on any atom is 0.220 e. The standard InChI is InChI=1S/C11H22N2OS/c1-3-15-8-9(2)13-11(14)6-10-4-5-12-7-10/h9-10,12H,3-8H2,1-2H3,(H,13,14). The van der Waals surface area contributed by atoms with E-state index in [4.69, 9.17) is 0 Å². The molecule has 1 amide bonds. The van der Waals surface area contributed by atoms with E-state index in [1.807, 2.05) is 11.8 Å². The van der Waals surface area contributed by atoms with Crippen molar-refractivity contribution in [2.45, 2.75) is 32.7 Å². The summed E-state index contributed by atoms with van der Waals surface area (Å²) in [5.74, 6) is 2.90. The number of carbonyl (C=O) groups excluding carboxylic acids is 1. The summed E-state index contributed by atoms with van der Waals surface area (Å²) in [5.41, 5.74) is 0. The van der Waals surface area contributed by atoms with Crippen LogP contribution >= 0.6 is 11.8 Å². The zero-order chi connectivity index (χ0) is 11.1. The van der Waals surface area contributed by atoms with Crippen molar-refractivity contribution in [3.05, 3.63) is 0 Å². The van der Waals surface area contributed by atoms with Crippen molar-refractivity contribution in [3.63, 3.8) is 0 Å². The summed E-state index contributed by atoms with van der Waals surface area (Å²) in [7, 11) is 0. The Morgan fingerprint density at radius 2 is 2.47 bits per heavy atom. The summed E-state index contributed by atoms with van der Waals surface area (Å²) in [6, 6.07) is 0.303. The molecule has 1 aliphatic rings. The van der Waals surface area contributed by atoms with E-state index in [0.717, 1.165) is 31.0 Å². The van der Waals surface area contributed by atoms with Gasteiger partial charge < -0.3 is 10.6 Å². The molecule has 2 atom stereocenters. The Morgan fingerprint density at radius 3 is 3.07 bits per heavy atom. The average molecular weight is 230 g/mol. The smallest absolute Gasteiger partial charge is 0.220 e.